The van der Waals surface area contributed by atoms with E-state index in [1.807, 2.05) is 6.92 Å². The zero-order chi connectivity index (χ0) is 13.8. The monoisotopic (exact) mass is 326 g/mol. The highest BCUT2D eigenvalue weighted by atomic mass is 79.9. The first kappa shape index (κ1) is 14.8. The van der Waals surface area contributed by atoms with Crippen molar-refractivity contribution in [3.05, 3.63) is 28.2 Å². The van der Waals surface area contributed by atoms with Crippen LogP contribution in [0.25, 0.3) is 0 Å². The molecule has 3 nitrogen and oxygen atoms in total. The molecule has 0 amide bonds. The number of rotatable bonds is 4. The van der Waals surface area contributed by atoms with E-state index < -0.39 is 0 Å². The Morgan fingerprint density at radius 1 is 1.53 bits per heavy atom. The van der Waals surface area contributed by atoms with E-state index in [9.17, 15) is 0 Å². The van der Waals surface area contributed by atoms with E-state index in [1.54, 1.807) is 0 Å². The Hall–Kier alpha value is -0.580. The summed E-state index contributed by atoms with van der Waals surface area (Å²) >= 11 is 3.52. The lowest BCUT2D eigenvalue weighted by Crippen LogP contribution is -2.36. The Morgan fingerprint density at radius 2 is 2.32 bits per heavy atom. The first-order valence-electron chi connectivity index (χ1n) is 7.02. The molecule has 1 saturated heterocycles. The quantitative estimate of drug-likeness (QED) is 0.894. The summed E-state index contributed by atoms with van der Waals surface area (Å²) in [5, 5.41) is 9.11. The minimum absolute atomic E-state index is 0.0331. The maximum Gasteiger partial charge on any atom is 0.0434 e. The predicted molar refractivity (Wildman–Crippen MR) is 83.4 cm³/mol. The highest BCUT2D eigenvalue weighted by Gasteiger charge is 2.22. The smallest absolute Gasteiger partial charge is 0.0434 e. The van der Waals surface area contributed by atoms with Crippen molar-refractivity contribution < 1.29 is 5.11 Å². The number of halogens is 1. The van der Waals surface area contributed by atoms with E-state index in [1.165, 1.54) is 24.1 Å². The van der Waals surface area contributed by atoms with Crippen LogP contribution in [0.5, 0.6) is 0 Å². The van der Waals surface area contributed by atoms with Gasteiger partial charge < -0.3 is 15.7 Å². The molecule has 2 rings (SSSR count). The van der Waals surface area contributed by atoms with E-state index in [2.05, 4.69) is 39.0 Å². The van der Waals surface area contributed by atoms with E-state index in [4.69, 9.17) is 10.8 Å². The maximum absolute atomic E-state index is 9.11. The van der Waals surface area contributed by atoms with E-state index in [0.717, 1.165) is 24.0 Å². The molecule has 4 heteroatoms. The summed E-state index contributed by atoms with van der Waals surface area (Å²) in [7, 11) is 0. The van der Waals surface area contributed by atoms with Gasteiger partial charge in [-0.05, 0) is 55.9 Å². The van der Waals surface area contributed by atoms with Gasteiger partial charge in [-0.2, -0.15) is 0 Å². The van der Waals surface area contributed by atoms with Gasteiger partial charge in [-0.25, -0.2) is 0 Å². The van der Waals surface area contributed by atoms with Gasteiger partial charge >= 0.3 is 0 Å². The molecule has 2 atom stereocenters. The Morgan fingerprint density at radius 3 is 3.00 bits per heavy atom. The molecule has 1 heterocycles. The molecule has 106 valence electrons. The molecule has 1 aromatic carbocycles. The Labute approximate surface area is 123 Å². The van der Waals surface area contributed by atoms with Crippen LogP contribution >= 0.6 is 15.9 Å². The second-order valence-electron chi connectivity index (χ2n) is 5.46. The fraction of sp³-hybridized carbons (Fsp3) is 0.600. The van der Waals surface area contributed by atoms with Crippen LogP contribution in [0.15, 0.2) is 22.7 Å². The maximum atomic E-state index is 9.11. The SMILES string of the molecule is CC(N)c1cc(Br)ccc1N1CCCC(CCO)C1. The molecular formula is C15H23BrN2O. The molecule has 0 radical (unpaired) electrons. The van der Waals surface area contributed by atoms with Crippen molar-refractivity contribution in [3.8, 4) is 0 Å². The molecule has 1 aromatic rings. The van der Waals surface area contributed by atoms with Gasteiger partial charge in [0.2, 0.25) is 0 Å². The summed E-state index contributed by atoms with van der Waals surface area (Å²) in [5.74, 6) is 0.600. The van der Waals surface area contributed by atoms with Crippen molar-refractivity contribution in [2.75, 3.05) is 24.6 Å². The predicted octanol–water partition coefficient (Wildman–Crippen LogP) is 3.07. The number of hydrogen-bond acceptors (Lipinski definition) is 3. The second-order valence-corrected chi connectivity index (χ2v) is 6.37. The first-order valence-corrected chi connectivity index (χ1v) is 7.82. The third-order valence-corrected chi connectivity index (χ3v) is 4.37. The third kappa shape index (κ3) is 3.71. The number of hydrogen-bond donors (Lipinski definition) is 2. The van der Waals surface area contributed by atoms with Crippen LogP contribution in [0, 0.1) is 5.92 Å². The average molecular weight is 327 g/mol. The molecule has 1 fully saturated rings. The van der Waals surface area contributed by atoms with E-state index >= 15 is 0 Å². The summed E-state index contributed by atoms with van der Waals surface area (Å²) in [6.45, 7) is 4.44. The van der Waals surface area contributed by atoms with Gasteiger partial charge in [0.1, 0.15) is 0 Å². The van der Waals surface area contributed by atoms with Crippen molar-refractivity contribution in [2.45, 2.75) is 32.2 Å². The van der Waals surface area contributed by atoms with Crippen LogP contribution in [-0.4, -0.2) is 24.8 Å². The fourth-order valence-electron chi connectivity index (χ4n) is 2.88. The molecule has 3 N–H and O–H groups in total. The lowest BCUT2D eigenvalue weighted by atomic mass is 9.93. The standard InChI is InChI=1S/C15H23BrN2O/c1-11(17)14-9-13(16)4-5-15(14)18-7-2-3-12(10-18)6-8-19/h4-5,9,11-12,19H,2-3,6-8,10,17H2,1H3. The minimum Gasteiger partial charge on any atom is -0.396 e. The van der Waals surface area contributed by atoms with Gasteiger partial charge in [-0.3, -0.25) is 0 Å². The largest absolute Gasteiger partial charge is 0.396 e. The normalized spacial score (nSPS) is 21.5. The lowest BCUT2D eigenvalue weighted by Gasteiger charge is -2.36. The van der Waals surface area contributed by atoms with E-state index in [0.29, 0.717) is 12.5 Å². The molecule has 1 aliphatic heterocycles. The summed E-state index contributed by atoms with van der Waals surface area (Å²) in [4.78, 5) is 2.43. The minimum atomic E-state index is 0.0331. The molecule has 19 heavy (non-hydrogen) atoms. The zero-order valence-corrected chi connectivity index (χ0v) is 13.1. The number of piperidine rings is 1. The summed E-state index contributed by atoms with van der Waals surface area (Å²) < 4.78 is 1.08. The zero-order valence-electron chi connectivity index (χ0n) is 11.5. The Bertz CT molecular complexity index is 421. The molecule has 0 spiro atoms. The Kier molecular flexibility index (Phi) is 5.25. The van der Waals surface area contributed by atoms with Crippen molar-refractivity contribution >= 4 is 21.6 Å². The molecule has 0 aromatic heterocycles. The van der Waals surface area contributed by atoms with Gasteiger partial charge in [-0.1, -0.05) is 15.9 Å². The number of aliphatic hydroxyl groups is 1. The fourth-order valence-corrected chi connectivity index (χ4v) is 3.26. The number of nitrogens with zero attached hydrogens (tertiary/aromatic N) is 1. The summed E-state index contributed by atoms with van der Waals surface area (Å²) in [5.41, 5.74) is 8.54. The van der Waals surface area contributed by atoms with Crippen LogP contribution in [0.3, 0.4) is 0 Å². The molecule has 0 aliphatic carbocycles. The highest BCUT2D eigenvalue weighted by molar-refractivity contribution is 9.10. The summed E-state index contributed by atoms with van der Waals surface area (Å²) in [6, 6.07) is 6.39. The van der Waals surface area contributed by atoms with Crippen LogP contribution in [0.1, 0.15) is 37.8 Å². The van der Waals surface area contributed by atoms with Crippen LogP contribution in [0.2, 0.25) is 0 Å². The van der Waals surface area contributed by atoms with Gasteiger partial charge in [0.25, 0.3) is 0 Å². The lowest BCUT2D eigenvalue weighted by molar-refractivity contribution is 0.244. The van der Waals surface area contributed by atoms with Crippen molar-refractivity contribution in [2.24, 2.45) is 11.7 Å². The molecule has 0 bridgehead atoms. The molecule has 2 unspecified atom stereocenters. The van der Waals surface area contributed by atoms with Crippen LogP contribution < -0.4 is 10.6 Å². The van der Waals surface area contributed by atoms with Gasteiger partial charge in [0, 0.05) is 35.9 Å². The number of aliphatic hydroxyl groups excluding tert-OH is 1. The Balaban J connectivity index is 2.20. The van der Waals surface area contributed by atoms with Gasteiger partial charge in [-0.15, -0.1) is 0 Å². The van der Waals surface area contributed by atoms with Crippen molar-refractivity contribution in [1.29, 1.82) is 0 Å². The van der Waals surface area contributed by atoms with Crippen molar-refractivity contribution in [1.82, 2.24) is 0 Å². The average Bonchev–Trinajstić information content (AvgIpc) is 2.39. The topological polar surface area (TPSA) is 49.5 Å². The number of benzene rings is 1. The van der Waals surface area contributed by atoms with Crippen LogP contribution in [-0.2, 0) is 0 Å². The first-order chi connectivity index (χ1) is 9.11. The van der Waals surface area contributed by atoms with Crippen LogP contribution in [0.4, 0.5) is 5.69 Å². The highest BCUT2D eigenvalue weighted by Crippen LogP contribution is 2.32. The number of nitrogens with two attached hydrogens (primary N) is 1. The van der Waals surface area contributed by atoms with E-state index in [-0.39, 0.29) is 6.04 Å². The summed E-state index contributed by atoms with van der Waals surface area (Å²) in [6.07, 6.45) is 3.32. The molecule has 1 aliphatic rings. The van der Waals surface area contributed by atoms with Gasteiger partial charge in [0.05, 0.1) is 0 Å². The second kappa shape index (κ2) is 6.73. The number of anilines is 1. The van der Waals surface area contributed by atoms with Gasteiger partial charge in [0.15, 0.2) is 0 Å². The molecular weight excluding hydrogens is 304 g/mol. The third-order valence-electron chi connectivity index (χ3n) is 3.88. The molecule has 0 saturated carbocycles. The van der Waals surface area contributed by atoms with Crippen molar-refractivity contribution in [3.63, 3.8) is 0 Å².